The normalized spacial score (nSPS) is 27.7. The van der Waals surface area contributed by atoms with Gasteiger partial charge in [0.25, 0.3) is 0 Å². The number of nitrogens with zero attached hydrogens (tertiary/aromatic N) is 2. The summed E-state index contributed by atoms with van der Waals surface area (Å²) in [5.41, 5.74) is 0.841. The standard InChI is InChI=1S/C12H13N3O2/c1-7-6-10(14-13-7)15-11(16)8-4-2-3-5-9(8)12(15)17/h2-3,6,8-9H,4-5H2,1H3,(H,13,14). The molecule has 2 heterocycles. The highest BCUT2D eigenvalue weighted by atomic mass is 16.2. The van der Waals surface area contributed by atoms with Gasteiger partial charge in [0.15, 0.2) is 5.82 Å². The molecule has 2 atom stereocenters. The number of H-pyrrole nitrogens is 1. The Hall–Kier alpha value is -1.91. The molecule has 1 aromatic rings. The van der Waals surface area contributed by atoms with Gasteiger partial charge in [-0.15, -0.1) is 0 Å². The van der Waals surface area contributed by atoms with Crippen molar-refractivity contribution < 1.29 is 9.59 Å². The maximum absolute atomic E-state index is 12.2. The molecule has 1 saturated heterocycles. The zero-order valence-electron chi connectivity index (χ0n) is 9.51. The number of nitrogens with one attached hydrogen (secondary N) is 1. The van der Waals surface area contributed by atoms with Gasteiger partial charge in [0, 0.05) is 11.8 Å². The van der Waals surface area contributed by atoms with E-state index < -0.39 is 0 Å². The Morgan fingerprint density at radius 3 is 2.29 bits per heavy atom. The van der Waals surface area contributed by atoms with E-state index in [1.165, 1.54) is 4.90 Å². The van der Waals surface area contributed by atoms with E-state index in [4.69, 9.17) is 0 Å². The second-order valence-corrected chi connectivity index (χ2v) is 4.58. The average Bonchev–Trinajstić information content (AvgIpc) is 2.84. The summed E-state index contributed by atoms with van der Waals surface area (Å²) in [5, 5.41) is 6.75. The lowest BCUT2D eigenvalue weighted by atomic mass is 9.85. The van der Waals surface area contributed by atoms with Crippen molar-refractivity contribution in [1.82, 2.24) is 10.2 Å². The van der Waals surface area contributed by atoms with Crippen LogP contribution >= 0.6 is 0 Å². The SMILES string of the molecule is Cc1cc(N2C(=O)C3CC=CCC3C2=O)n[nH]1. The number of amides is 2. The summed E-state index contributed by atoms with van der Waals surface area (Å²) >= 11 is 0. The summed E-state index contributed by atoms with van der Waals surface area (Å²) < 4.78 is 0. The molecule has 1 N–H and O–H groups in total. The van der Waals surface area contributed by atoms with Crippen LogP contribution in [0.1, 0.15) is 18.5 Å². The van der Waals surface area contributed by atoms with Gasteiger partial charge in [0.05, 0.1) is 11.8 Å². The summed E-state index contributed by atoms with van der Waals surface area (Å²) in [4.78, 5) is 25.6. The van der Waals surface area contributed by atoms with Gasteiger partial charge >= 0.3 is 0 Å². The second-order valence-electron chi connectivity index (χ2n) is 4.58. The van der Waals surface area contributed by atoms with Crippen molar-refractivity contribution in [3.8, 4) is 0 Å². The molecule has 0 saturated carbocycles. The van der Waals surface area contributed by atoms with Crippen molar-refractivity contribution in [1.29, 1.82) is 0 Å². The third-order valence-corrected chi connectivity index (χ3v) is 3.43. The fourth-order valence-electron chi connectivity index (χ4n) is 2.54. The minimum absolute atomic E-state index is 0.115. The van der Waals surface area contributed by atoms with E-state index in [0.717, 1.165) is 5.69 Å². The number of aromatic nitrogens is 2. The summed E-state index contributed by atoms with van der Waals surface area (Å²) in [7, 11) is 0. The summed E-state index contributed by atoms with van der Waals surface area (Å²) in [6.45, 7) is 1.84. The van der Waals surface area contributed by atoms with Gasteiger partial charge in [-0.3, -0.25) is 14.7 Å². The van der Waals surface area contributed by atoms with E-state index in [9.17, 15) is 9.59 Å². The number of fused-ring (bicyclic) bond motifs is 1. The van der Waals surface area contributed by atoms with E-state index in [-0.39, 0.29) is 23.7 Å². The number of carbonyl (C=O) groups is 2. The van der Waals surface area contributed by atoms with Crippen LogP contribution in [0.2, 0.25) is 0 Å². The minimum atomic E-state index is -0.190. The summed E-state index contributed by atoms with van der Waals surface area (Å²) in [6, 6.07) is 1.72. The van der Waals surface area contributed by atoms with Crippen molar-refractivity contribution in [2.75, 3.05) is 4.90 Å². The number of aryl methyl sites for hydroxylation is 1. The molecule has 0 bridgehead atoms. The highest BCUT2D eigenvalue weighted by molar-refractivity contribution is 6.21. The molecule has 5 heteroatoms. The number of hydrogen-bond acceptors (Lipinski definition) is 3. The Kier molecular flexibility index (Phi) is 2.14. The van der Waals surface area contributed by atoms with Gasteiger partial charge in [-0.2, -0.15) is 5.10 Å². The van der Waals surface area contributed by atoms with Crippen molar-refractivity contribution in [3.05, 3.63) is 23.9 Å². The second kappa shape index (κ2) is 3.55. The van der Waals surface area contributed by atoms with Crippen LogP contribution in [0.15, 0.2) is 18.2 Å². The molecule has 1 fully saturated rings. The molecule has 2 unspecified atom stereocenters. The molecular weight excluding hydrogens is 218 g/mol. The van der Waals surface area contributed by atoms with Crippen LogP contribution in [0.25, 0.3) is 0 Å². The Balaban J connectivity index is 1.97. The first-order valence-corrected chi connectivity index (χ1v) is 5.73. The van der Waals surface area contributed by atoms with Gasteiger partial charge in [-0.05, 0) is 19.8 Å². The molecule has 1 aromatic heterocycles. The minimum Gasteiger partial charge on any atom is -0.281 e. The number of hydrogen-bond donors (Lipinski definition) is 1. The zero-order chi connectivity index (χ0) is 12.0. The first-order valence-electron chi connectivity index (χ1n) is 5.73. The van der Waals surface area contributed by atoms with Crippen LogP contribution in [0.3, 0.4) is 0 Å². The molecule has 5 nitrogen and oxygen atoms in total. The Bertz CT molecular complexity index is 492. The fraction of sp³-hybridized carbons (Fsp3) is 0.417. The van der Waals surface area contributed by atoms with Crippen molar-refractivity contribution in [3.63, 3.8) is 0 Å². The highest BCUT2D eigenvalue weighted by Gasteiger charge is 2.48. The third-order valence-electron chi connectivity index (χ3n) is 3.43. The van der Waals surface area contributed by atoms with Crippen LogP contribution in [-0.4, -0.2) is 22.0 Å². The number of anilines is 1. The van der Waals surface area contributed by atoms with Gasteiger partial charge in [0.1, 0.15) is 0 Å². The first kappa shape index (κ1) is 10.3. The molecule has 0 radical (unpaired) electrons. The lowest BCUT2D eigenvalue weighted by Gasteiger charge is -2.14. The van der Waals surface area contributed by atoms with Gasteiger partial charge in [-0.25, -0.2) is 4.90 Å². The van der Waals surface area contributed by atoms with E-state index in [0.29, 0.717) is 18.7 Å². The molecule has 17 heavy (non-hydrogen) atoms. The molecule has 88 valence electrons. The van der Waals surface area contributed by atoms with Gasteiger partial charge in [-0.1, -0.05) is 12.2 Å². The monoisotopic (exact) mass is 231 g/mol. The number of rotatable bonds is 1. The van der Waals surface area contributed by atoms with Gasteiger partial charge in [0.2, 0.25) is 11.8 Å². The van der Waals surface area contributed by atoms with E-state index in [2.05, 4.69) is 10.2 Å². The van der Waals surface area contributed by atoms with E-state index in [1.807, 2.05) is 19.1 Å². The van der Waals surface area contributed by atoms with Crippen LogP contribution in [0.5, 0.6) is 0 Å². The Morgan fingerprint density at radius 2 is 1.82 bits per heavy atom. The maximum Gasteiger partial charge on any atom is 0.239 e. The van der Waals surface area contributed by atoms with Crippen molar-refractivity contribution >= 4 is 17.6 Å². The predicted molar refractivity (Wildman–Crippen MR) is 61.2 cm³/mol. The first-order chi connectivity index (χ1) is 8.18. The van der Waals surface area contributed by atoms with Crippen LogP contribution in [0.4, 0.5) is 5.82 Å². The number of aromatic amines is 1. The van der Waals surface area contributed by atoms with Crippen LogP contribution in [0, 0.1) is 18.8 Å². The lowest BCUT2D eigenvalue weighted by Crippen LogP contribution is -2.31. The Morgan fingerprint density at radius 1 is 1.24 bits per heavy atom. The summed E-state index contributed by atoms with van der Waals surface area (Å²) in [5.74, 6) is -0.187. The van der Waals surface area contributed by atoms with Crippen molar-refractivity contribution in [2.24, 2.45) is 11.8 Å². The van der Waals surface area contributed by atoms with Crippen molar-refractivity contribution in [2.45, 2.75) is 19.8 Å². The van der Waals surface area contributed by atoms with Gasteiger partial charge < -0.3 is 0 Å². The molecule has 0 aromatic carbocycles. The molecule has 1 aliphatic heterocycles. The van der Waals surface area contributed by atoms with E-state index in [1.54, 1.807) is 6.07 Å². The molecular formula is C12H13N3O2. The Labute approximate surface area is 98.5 Å². The molecule has 1 aliphatic carbocycles. The largest absolute Gasteiger partial charge is 0.281 e. The fourth-order valence-corrected chi connectivity index (χ4v) is 2.54. The molecule has 0 spiro atoms. The smallest absolute Gasteiger partial charge is 0.239 e. The third kappa shape index (κ3) is 1.42. The number of carbonyl (C=O) groups excluding carboxylic acids is 2. The topological polar surface area (TPSA) is 66.1 Å². The van der Waals surface area contributed by atoms with Crippen LogP contribution in [-0.2, 0) is 9.59 Å². The highest BCUT2D eigenvalue weighted by Crippen LogP contribution is 2.36. The molecule has 2 amide bonds. The predicted octanol–water partition coefficient (Wildman–Crippen LogP) is 1.17. The average molecular weight is 231 g/mol. The lowest BCUT2D eigenvalue weighted by molar-refractivity contribution is -0.122. The maximum atomic E-state index is 12.2. The molecule has 3 rings (SSSR count). The van der Waals surface area contributed by atoms with E-state index >= 15 is 0 Å². The quantitative estimate of drug-likeness (QED) is 0.583. The van der Waals surface area contributed by atoms with Crippen LogP contribution < -0.4 is 4.90 Å². The number of allylic oxidation sites excluding steroid dienone is 2. The number of imide groups is 1. The molecule has 2 aliphatic rings. The summed E-state index contributed by atoms with van der Waals surface area (Å²) in [6.07, 6.45) is 5.28. The zero-order valence-corrected chi connectivity index (χ0v) is 9.51.